The van der Waals surface area contributed by atoms with Crippen LogP contribution in [0.15, 0.2) is 12.2 Å². The van der Waals surface area contributed by atoms with E-state index in [0.717, 1.165) is 25.3 Å². The molecule has 0 bridgehead atoms. The molecule has 0 fully saturated rings. The zero-order valence-electron chi connectivity index (χ0n) is 25.1. The Morgan fingerprint density at radius 3 is 1.88 bits per heavy atom. The number of carbonyl (C=O) groups is 3. The number of rotatable bonds is 29. The van der Waals surface area contributed by atoms with E-state index in [1.54, 1.807) is 0 Å². The van der Waals surface area contributed by atoms with Crippen LogP contribution in [0.3, 0.4) is 0 Å². The second-order valence-electron chi connectivity index (χ2n) is 10.3. The van der Waals surface area contributed by atoms with Crippen LogP contribution in [0.5, 0.6) is 0 Å². The van der Waals surface area contributed by atoms with Crippen molar-refractivity contribution in [2.75, 3.05) is 26.4 Å². The molecule has 246 valence electrons. The van der Waals surface area contributed by atoms with Gasteiger partial charge in [0.2, 0.25) is 0 Å². The summed E-state index contributed by atoms with van der Waals surface area (Å²) in [4.78, 5) is 44.5. The average Bonchev–Trinajstić information content (AvgIpc) is 2.97. The third kappa shape index (κ3) is 26.0. The molecule has 42 heavy (non-hydrogen) atoms. The van der Waals surface area contributed by atoms with Gasteiger partial charge in [0.25, 0.3) is 0 Å². The van der Waals surface area contributed by atoms with Gasteiger partial charge >= 0.3 is 19.8 Å². The second-order valence-corrected chi connectivity index (χ2v) is 11.8. The highest BCUT2D eigenvalue weighted by Crippen LogP contribution is 2.43. The molecule has 0 aliphatic heterocycles. The van der Waals surface area contributed by atoms with Crippen molar-refractivity contribution in [2.24, 2.45) is 0 Å². The first-order valence-corrected chi connectivity index (χ1v) is 16.7. The third-order valence-corrected chi connectivity index (χ3v) is 7.28. The number of esters is 2. The number of hydrogen-bond acceptors (Lipinski definition) is 11. The molecule has 2 unspecified atom stereocenters. The van der Waals surface area contributed by atoms with Gasteiger partial charge in [-0.3, -0.25) is 23.4 Å². The molecule has 4 N–H and O–H groups in total. The molecule has 0 amide bonds. The minimum Gasteiger partial charge on any atom is -0.462 e. The summed E-state index contributed by atoms with van der Waals surface area (Å²) >= 11 is 0. The van der Waals surface area contributed by atoms with E-state index < -0.39 is 64.5 Å². The summed E-state index contributed by atoms with van der Waals surface area (Å²) in [5, 5.41) is 27.8. The van der Waals surface area contributed by atoms with E-state index in [0.29, 0.717) is 12.7 Å². The quantitative estimate of drug-likeness (QED) is 0.0304. The molecular formula is C29H53O12P. The van der Waals surface area contributed by atoms with Crippen LogP contribution in [0.1, 0.15) is 110 Å². The number of phosphoric ester groups is 1. The molecule has 0 aromatic heterocycles. The van der Waals surface area contributed by atoms with Crippen molar-refractivity contribution in [3.8, 4) is 0 Å². The van der Waals surface area contributed by atoms with Gasteiger partial charge in [0, 0.05) is 12.8 Å². The molecule has 0 aliphatic rings. The van der Waals surface area contributed by atoms with Gasteiger partial charge in [-0.05, 0) is 18.9 Å². The Balaban J connectivity index is 4.43. The van der Waals surface area contributed by atoms with E-state index in [1.807, 2.05) is 0 Å². The molecule has 4 atom stereocenters. The summed E-state index contributed by atoms with van der Waals surface area (Å²) in [5.41, 5.74) is 0. The second kappa shape index (κ2) is 26.9. The monoisotopic (exact) mass is 624 g/mol. The van der Waals surface area contributed by atoms with Gasteiger partial charge < -0.3 is 29.7 Å². The Bertz CT molecular complexity index is 776. The fourth-order valence-electron chi connectivity index (χ4n) is 3.89. The molecule has 0 rings (SSSR count). The normalized spacial score (nSPS) is 15.2. The lowest BCUT2D eigenvalue weighted by Gasteiger charge is -2.20. The number of aldehydes is 1. The Kier molecular flexibility index (Phi) is 25.9. The summed E-state index contributed by atoms with van der Waals surface area (Å²) in [6.07, 6.45) is 14.2. The minimum atomic E-state index is -4.68. The number of ether oxygens (including phenoxy) is 2. The van der Waals surface area contributed by atoms with Gasteiger partial charge in [0.1, 0.15) is 19.0 Å². The predicted octanol–water partition coefficient (Wildman–Crippen LogP) is 4.31. The highest BCUT2D eigenvalue weighted by atomic mass is 31.2. The zero-order chi connectivity index (χ0) is 31.5. The maximum absolute atomic E-state index is 12.2. The highest BCUT2D eigenvalue weighted by Gasteiger charge is 2.27. The number of unbranched alkanes of at least 4 members (excludes halogenated alkanes) is 12. The van der Waals surface area contributed by atoms with E-state index in [-0.39, 0.29) is 19.3 Å². The largest absolute Gasteiger partial charge is 0.472 e. The van der Waals surface area contributed by atoms with Crippen molar-refractivity contribution in [3.05, 3.63) is 12.2 Å². The van der Waals surface area contributed by atoms with Gasteiger partial charge in [0.05, 0.1) is 25.9 Å². The van der Waals surface area contributed by atoms with Crippen LogP contribution in [0.4, 0.5) is 0 Å². The number of phosphoric acid groups is 1. The van der Waals surface area contributed by atoms with Crippen molar-refractivity contribution in [3.63, 3.8) is 0 Å². The summed E-state index contributed by atoms with van der Waals surface area (Å²) < 4.78 is 31.8. The first-order chi connectivity index (χ1) is 20.1. The van der Waals surface area contributed by atoms with Crippen LogP contribution in [-0.2, 0) is 37.5 Å². The number of aliphatic hydroxyl groups is 3. The molecule has 12 nitrogen and oxygen atoms in total. The van der Waals surface area contributed by atoms with Gasteiger partial charge in [0.15, 0.2) is 6.10 Å². The van der Waals surface area contributed by atoms with Crippen molar-refractivity contribution in [1.29, 1.82) is 0 Å². The Morgan fingerprint density at radius 2 is 1.33 bits per heavy atom. The number of allylic oxidation sites excluding steroid dienone is 1. The van der Waals surface area contributed by atoms with E-state index in [4.69, 9.17) is 19.1 Å². The minimum absolute atomic E-state index is 0.0454. The molecule has 0 aromatic carbocycles. The number of hydrogen-bond donors (Lipinski definition) is 4. The van der Waals surface area contributed by atoms with Crippen molar-refractivity contribution in [2.45, 2.75) is 128 Å². The topological polar surface area (TPSA) is 186 Å². The summed E-state index contributed by atoms with van der Waals surface area (Å²) in [6.45, 7) is -0.235. The standard InChI is InChI=1S/C29H53O12P/c1-2-3-4-5-6-7-8-9-10-11-12-13-14-17-28(34)38-23-27(24-40-42(36,37)39-22-26(33)21-31)41-29(35)19-18-25(32)16-15-20-30/h15-16,20,25-27,31-33H,2-14,17-19,21-24H2,1H3,(H,36,37)/b16-15+/t25?,26-,27+/m0/s1. The molecule has 0 saturated carbocycles. The summed E-state index contributed by atoms with van der Waals surface area (Å²) in [7, 11) is -4.68. The van der Waals surface area contributed by atoms with Crippen molar-refractivity contribution in [1.82, 2.24) is 0 Å². The molecule has 0 radical (unpaired) electrons. The van der Waals surface area contributed by atoms with Crippen LogP contribution in [-0.4, -0.2) is 83.2 Å². The molecule has 0 aliphatic carbocycles. The van der Waals surface area contributed by atoms with E-state index >= 15 is 0 Å². The van der Waals surface area contributed by atoms with Crippen molar-refractivity contribution < 1.29 is 57.7 Å². The van der Waals surface area contributed by atoms with E-state index in [2.05, 4.69) is 11.4 Å². The fourth-order valence-corrected chi connectivity index (χ4v) is 4.68. The van der Waals surface area contributed by atoms with Gasteiger partial charge in [-0.1, -0.05) is 90.0 Å². The van der Waals surface area contributed by atoms with Crippen LogP contribution in [0, 0.1) is 0 Å². The SMILES string of the molecule is CCCCCCCCCCCCCCCC(=O)OC[C@H](COP(=O)(O)OC[C@@H](O)CO)OC(=O)CCC(O)/C=C/C=O. The smallest absolute Gasteiger partial charge is 0.462 e. The molecule has 0 heterocycles. The highest BCUT2D eigenvalue weighted by molar-refractivity contribution is 7.47. The number of carbonyl (C=O) groups excluding carboxylic acids is 3. The first kappa shape index (κ1) is 40.3. The van der Waals surface area contributed by atoms with Crippen LogP contribution >= 0.6 is 7.82 Å². The fraction of sp³-hybridized carbons (Fsp3) is 0.828. The molecule has 0 spiro atoms. The van der Waals surface area contributed by atoms with Crippen LogP contribution in [0.25, 0.3) is 0 Å². The first-order valence-electron chi connectivity index (χ1n) is 15.2. The lowest BCUT2D eigenvalue weighted by molar-refractivity contribution is -0.161. The molecule has 0 saturated heterocycles. The number of aliphatic hydroxyl groups excluding tert-OH is 3. The summed E-state index contributed by atoms with van der Waals surface area (Å²) in [5.74, 6) is -1.30. The van der Waals surface area contributed by atoms with Gasteiger partial charge in [-0.25, -0.2) is 4.57 Å². The van der Waals surface area contributed by atoms with Gasteiger partial charge in [-0.2, -0.15) is 0 Å². The maximum atomic E-state index is 12.2. The Morgan fingerprint density at radius 1 is 0.786 bits per heavy atom. The van der Waals surface area contributed by atoms with Gasteiger partial charge in [-0.15, -0.1) is 0 Å². The van der Waals surface area contributed by atoms with Crippen LogP contribution < -0.4 is 0 Å². The molecular weight excluding hydrogens is 571 g/mol. The zero-order valence-corrected chi connectivity index (χ0v) is 26.0. The Labute approximate surface area is 250 Å². The van der Waals surface area contributed by atoms with E-state index in [1.165, 1.54) is 63.9 Å². The van der Waals surface area contributed by atoms with E-state index in [9.17, 15) is 34.1 Å². The van der Waals surface area contributed by atoms with Crippen molar-refractivity contribution >= 4 is 26.0 Å². The summed E-state index contributed by atoms with van der Waals surface area (Å²) in [6, 6.07) is 0. The van der Waals surface area contributed by atoms with Crippen LogP contribution in [0.2, 0.25) is 0 Å². The third-order valence-electron chi connectivity index (χ3n) is 6.33. The maximum Gasteiger partial charge on any atom is 0.472 e. The lowest BCUT2D eigenvalue weighted by atomic mass is 10.0. The predicted molar refractivity (Wildman–Crippen MR) is 156 cm³/mol. The average molecular weight is 625 g/mol. The lowest BCUT2D eigenvalue weighted by Crippen LogP contribution is -2.30. The Hall–Kier alpha value is -1.66. The molecule has 13 heteroatoms. The molecule has 0 aromatic rings.